The lowest BCUT2D eigenvalue weighted by Crippen LogP contribution is -2.07. The molecule has 0 aliphatic heterocycles. The molecule has 0 atom stereocenters. The van der Waals surface area contributed by atoms with E-state index in [2.05, 4.69) is 0 Å². The Kier molecular flexibility index (Phi) is 6.62. The third-order valence-corrected chi connectivity index (χ3v) is 4.71. The monoisotopic (exact) mass is 314 g/mol. The maximum atomic E-state index is 12.3. The summed E-state index contributed by atoms with van der Waals surface area (Å²) in [7, 11) is 2.10. The normalized spacial score (nSPS) is 12.1. The molecule has 0 aliphatic carbocycles. The molecule has 1 aromatic carbocycles. The Bertz CT molecular complexity index is 558. The summed E-state index contributed by atoms with van der Waals surface area (Å²) in [5.41, 5.74) is 1.42. The number of carbonyl (C=O) groups is 1. The molecule has 0 heterocycles. The summed E-state index contributed by atoms with van der Waals surface area (Å²) in [6, 6.07) is 6.99. The second-order valence-electron chi connectivity index (χ2n) is 4.05. The second kappa shape index (κ2) is 7.98. The molecule has 116 valence electrons. The van der Waals surface area contributed by atoms with E-state index in [1.165, 1.54) is 34.7 Å². The van der Waals surface area contributed by atoms with E-state index < -0.39 is 13.6 Å². The number of methoxy groups -OCH3 is 2. The van der Waals surface area contributed by atoms with Gasteiger partial charge in [-0.15, -0.1) is 0 Å². The lowest BCUT2D eigenvalue weighted by Gasteiger charge is -2.16. The molecule has 0 N–H and O–H groups in total. The first kappa shape index (κ1) is 17.4. The molecule has 0 saturated heterocycles. The van der Waals surface area contributed by atoms with Gasteiger partial charge in [-0.1, -0.05) is 24.3 Å². The summed E-state index contributed by atoms with van der Waals surface area (Å²) in [5, 5.41) is 0. The van der Waals surface area contributed by atoms with E-state index in [0.29, 0.717) is 11.1 Å². The zero-order valence-electron chi connectivity index (χ0n) is 12.5. The van der Waals surface area contributed by atoms with Crippen LogP contribution >= 0.6 is 7.60 Å². The predicted octanol–water partition coefficient (Wildman–Crippen LogP) is 2.83. The van der Waals surface area contributed by atoms with Crippen LogP contribution in [-0.4, -0.2) is 34.4 Å². The fourth-order valence-electron chi connectivity index (χ4n) is 1.78. The van der Waals surface area contributed by atoms with Gasteiger partial charge in [0, 0.05) is 14.2 Å². The van der Waals surface area contributed by atoms with E-state index in [1.807, 2.05) is 0 Å². The van der Waals surface area contributed by atoms with Gasteiger partial charge in [-0.05, 0) is 11.1 Å². The smallest absolute Gasteiger partial charge is 0.341 e. The Morgan fingerprint density at radius 2 is 1.76 bits per heavy atom. The highest BCUT2D eigenvalue weighted by molar-refractivity contribution is 7.52. The van der Waals surface area contributed by atoms with Crippen LogP contribution in [0.4, 0.5) is 0 Å². The summed E-state index contributed by atoms with van der Waals surface area (Å²) in [6.45, 7) is 0. The largest absolute Gasteiger partial charge is 0.503 e. The highest BCUT2D eigenvalue weighted by Crippen LogP contribution is 2.50. The molecule has 0 bridgehead atoms. The van der Waals surface area contributed by atoms with Gasteiger partial charge >= 0.3 is 13.6 Å². The molecule has 0 unspecified atom stereocenters. The molecule has 1 aromatic rings. The Morgan fingerprint density at radius 3 is 2.29 bits per heavy atom. The fraction of sp³-hybridized carbons (Fsp3) is 0.357. The number of hydrogen-bond donors (Lipinski definition) is 0. The van der Waals surface area contributed by atoms with E-state index in [-0.39, 0.29) is 11.7 Å². The van der Waals surface area contributed by atoms with Crippen LogP contribution < -0.4 is 0 Å². The van der Waals surface area contributed by atoms with Gasteiger partial charge in [0.25, 0.3) is 0 Å². The molecule has 0 radical (unpaired) electrons. The molecule has 1 rings (SSSR count). The van der Waals surface area contributed by atoms with Crippen molar-refractivity contribution < 1.29 is 27.9 Å². The number of benzene rings is 1. The van der Waals surface area contributed by atoms with Crippen LogP contribution in [0.15, 0.2) is 30.5 Å². The van der Waals surface area contributed by atoms with Crippen molar-refractivity contribution in [2.45, 2.75) is 6.16 Å². The number of rotatable bonds is 7. The minimum absolute atomic E-state index is 0.0359. The highest BCUT2D eigenvalue weighted by atomic mass is 31.2. The standard InChI is InChI=1S/C14H19O6P/c1-17-9-13(14(15)18-2)12-8-6-5-7-11(12)10-21(16,19-3)20-4/h5-9H,10H2,1-4H3/b13-9+. The van der Waals surface area contributed by atoms with E-state index in [1.54, 1.807) is 24.3 Å². The Balaban J connectivity index is 3.28. The second-order valence-corrected chi connectivity index (χ2v) is 6.32. The maximum Gasteiger partial charge on any atom is 0.341 e. The molecule has 0 aliphatic rings. The van der Waals surface area contributed by atoms with Gasteiger partial charge in [-0.3, -0.25) is 4.57 Å². The molecule has 6 nitrogen and oxygen atoms in total. The van der Waals surface area contributed by atoms with Crippen LogP contribution in [0.5, 0.6) is 0 Å². The zero-order chi connectivity index (χ0) is 15.9. The summed E-state index contributed by atoms with van der Waals surface area (Å²) < 4.78 is 31.8. The summed E-state index contributed by atoms with van der Waals surface area (Å²) >= 11 is 0. The van der Waals surface area contributed by atoms with E-state index in [0.717, 1.165) is 0 Å². The van der Waals surface area contributed by atoms with E-state index in [4.69, 9.17) is 18.5 Å². The van der Waals surface area contributed by atoms with Gasteiger partial charge in [-0.25, -0.2) is 4.79 Å². The highest BCUT2D eigenvalue weighted by Gasteiger charge is 2.25. The average molecular weight is 314 g/mol. The van der Waals surface area contributed by atoms with Crippen molar-refractivity contribution in [2.75, 3.05) is 28.4 Å². The van der Waals surface area contributed by atoms with Crippen LogP contribution in [0, 0.1) is 0 Å². The van der Waals surface area contributed by atoms with Crippen LogP contribution in [0.2, 0.25) is 0 Å². The quantitative estimate of drug-likeness (QED) is 0.333. The van der Waals surface area contributed by atoms with Crippen LogP contribution in [0.25, 0.3) is 5.57 Å². The summed E-state index contributed by atoms with van der Waals surface area (Å²) in [6.07, 6.45) is 1.32. The lowest BCUT2D eigenvalue weighted by atomic mass is 10.0. The van der Waals surface area contributed by atoms with Gasteiger partial charge in [0.05, 0.1) is 26.6 Å². The van der Waals surface area contributed by atoms with Crippen molar-refractivity contribution in [3.05, 3.63) is 41.7 Å². The predicted molar refractivity (Wildman–Crippen MR) is 78.8 cm³/mol. The summed E-state index contributed by atoms with van der Waals surface area (Å²) in [4.78, 5) is 11.9. The minimum Gasteiger partial charge on any atom is -0.503 e. The number of esters is 1. The van der Waals surface area contributed by atoms with Gasteiger partial charge in [-0.2, -0.15) is 0 Å². The van der Waals surface area contributed by atoms with Crippen molar-refractivity contribution >= 4 is 19.1 Å². The van der Waals surface area contributed by atoms with Crippen molar-refractivity contribution in [2.24, 2.45) is 0 Å². The van der Waals surface area contributed by atoms with Gasteiger partial charge < -0.3 is 18.5 Å². The zero-order valence-corrected chi connectivity index (χ0v) is 13.4. The molecule has 0 amide bonds. The van der Waals surface area contributed by atoms with Crippen molar-refractivity contribution in [1.82, 2.24) is 0 Å². The van der Waals surface area contributed by atoms with E-state index >= 15 is 0 Å². The number of hydrogen-bond acceptors (Lipinski definition) is 6. The van der Waals surface area contributed by atoms with Crippen molar-refractivity contribution in [1.29, 1.82) is 0 Å². The summed E-state index contributed by atoms with van der Waals surface area (Å²) in [5.74, 6) is -0.547. The molecule has 7 heteroatoms. The molecule has 0 fully saturated rings. The lowest BCUT2D eigenvalue weighted by molar-refractivity contribution is -0.133. The van der Waals surface area contributed by atoms with Gasteiger partial charge in [0.15, 0.2) is 0 Å². The molecule has 0 saturated carbocycles. The Labute approximate surface area is 124 Å². The Hall–Kier alpha value is -1.62. The molecule has 21 heavy (non-hydrogen) atoms. The Morgan fingerprint density at radius 1 is 1.14 bits per heavy atom. The third kappa shape index (κ3) is 4.43. The first-order valence-corrected chi connectivity index (χ1v) is 7.84. The van der Waals surface area contributed by atoms with E-state index in [9.17, 15) is 9.36 Å². The molecule has 0 spiro atoms. The third-order valence-electron chi connectivity index (χ3n) is 2.87. The maximum absolute atomic E-state index is 12.3. The molecular formula is C14H19O6P. The number of carbonyl (C=O) groups excluding carboxylic acids is 1. The van der Waals surface area contributed by atoms with Crippen LogP contribution in [0.3, 0.4) is 0 Å². The topological polar surface area (TPSA) is 71.1 Å². The average Bonchev–Trinajstić information content (AvgIpc) is 2.52. The van der Waals surface area contributed by atoms with Crippen LogP contribution in [0.1, 0.15) is 11.1 Å². The van der Waals surface area contributed by atoms with Crippen LogP contribution in [-0.2, 0) is 34.0 Å². The molecular weight excluding hydrogens is 295 g/mol. The SMILES string of the molecule is CO/C=C(/C(=O)OC)c1ccccc1CP(=O)(OC)OC. The van der Waals surface area contributed by atoms with Crippen molar-refractivity contribution in [3.63, 3.8) is 0 Å². The van der Waals surface area contributed by atoms with Crippen molar-refractivity contribution in [3.8, 4) is 0 Å². The molecule has 0 aromatic heterocycles. The van der Waals surface area contributed by atoms with Gasteiger partial charge in [0.1, 0.15) is 5.57 Å². The first-order chi connectivity index (χ1) is 10.0. The van der Waals surface area contributed by atoms with Gasteiger partial charge in [0.2, 0.25) is 0 Å². The minimum atomic E-state index is -3.25. The first-order valence-electron chi connectivity index (χ1n) is 6.11. The fourth-order valence-corrected chi connectivity index (χ4v) is 2.88. The number of ether oxygens (including phenoxy) is 2.